The van der Waals surface area contributed by atoms with E-state index in [2.05, 4.69) is 16.0 Å². The Morgan fingerprint density at radius 1 is 0.931 bits per heavy atom. The highest BCUT2D eigenvalue weighted by Crippen LogP contribution is 2.34. The fourth-order valence-corrected chi connectivity index (χ4v) is 6.02. The molecule has 0 bridgehead atoms. The van der Waals surface area contributed by atoms with Crippen molar-refractivity contribution in [1.82, 2.24) is 9.29 Å². The third kappa shape index (κ3) is 3.54. The van der Waals surface area contributed by atoms with Crippen LogP contribution in [-0.4, -0.2) is 57.1 Å². The lowest BCUT2D eigenvalue weighted by Crippen LogP contribution is -2.48. The van der Waals surface area contributed by atoms with E-state index in [9.17, 15) is 8.42 Å². The van der Waals surface area contributed by atoms with Gasteiger partial charge in [0.2, 0.25) is 10.0 Å². The average molecular weight is 432 g/mol. The zero-order chi connectivity index (χ0) is 19.8. The third-order valence-corrected chi connectivity index (χ3v) is 8.14. The van der Waals surface area contributed by atoms with E-state index in [1.807, 2.05) is 18.2 Å². The second kappa shape index (κ2) is 7.47. The number of benzene rings is 2. The fourth-order valence-electron chi connectivity index (χ4n) is 3.57. The quantitative estimate of drug-likeness (QED) is 0.635. The summed E-state index contributed by atoms with van der Waals surface area (Å²) in [6.07, 6.45) is 0.782. The molecule has 0 radical (unpaired) electrons. The molecule has 2 aromatic carbocycles. The van der Waals surface area contributed by atoms with Crippen molar-refractivity contribution in [3.05, 3.63) is 42.5 Å². The van der Waals surface area contributed by atoms with Gasteiger partial charge in [-0.25, -0.2) is 13.4 Å². The average Bonchev–Trinajstić information content (AvgIpc) is 3.04. The summed E-state index contributed by atoms with van der Waals surface area (Å²) < 4.78 is 40.2. The number of sulfonamides is 1. The molecule has 0 saturated carbocycles. The molecule has 0 amide bonds. The standard InChI is InChI=1S/C20H21N3O4S2/c24-29(25,15-6-7-17-18(14-15)27-13-3-12-26-17)23-10-8-22(9-11-23)20-21-16-4-1-2-5-19(16)28-20/h1-2,4-7,14H,3,8-13H2. The molecule has 5 rings (SSSR count). The summed E-state index contributed by atoms with van der Waals surface area (Å²) >= 11 is 1.64. The van der Waals surface area contributed by atoms with Crippen LogP contribution in [0.5, 0.6) is 11.5 Å². The lowest BCUT2D eigenvalue weighted by Gasteiger charge is -2.33. The molecule has 0 spiro atoms. The van der Waals surface area contributed by atoms with Crippen LogP contribution in [-0.2, 0) is 10.0 Å². The first-order valence-electron chi connectivity index (χ1n) is 9.61. The molecule has 1 fully saturated rings. The van der Waals surface area contributed by atoms with Crippen LogP contribution in [0, 0.1) is 0 Å². The molecule has 7 nitrogen and oxygen atoms in total. The van der Waals surface area contributed by atoms with E-state index >= 15 is 0 Å². The number of rotatable bonds is 3. The number of hydrogen-bond donors (Lipinski definition) is 0. The van der Waals surface area contributed by atoms with Gasteiger partial charge in [0.1, 0.15) is 0 Å². The van der Waals surface area contributed by atoms with Gasteiger partial charge in [0, 0.05) is 38.7 Å². The summed E-state index contributed by atoms with van der Waals surface area (Å²) in [6.45, 7) is 3.18. The Bertz CT molecular complexity index is 1100. The van der Waals surface area contributed by atoms with Crippen molar-refractivity contribution in [2.75, 3.05) is 44.3 Å². The highest BCUT2D eigenvalue weighted by atomic mass is 32.2. The topological polar surface area (TPSA) is 72.0 Å². The molecular weight excluding hydrogens is 410 g/mol. The van der Waals surface area contributed by atoms with Gasteiger partial charge in [-0.15, -0.1) is 0 Å². The molecule has 0 unspecified atom stereocenters. The van der Waals surface area contributed by atoms with E-state index in [1.54, 1.807) is 29.5 Å². The van der Waals surface area contributed by atoms with Gasteiger partial charge in [-0.1, -0.05) is 23.5 Å². The van der Waals surface area contributed by atoms with Crippen LogP contribution in [0.25, 0.3) is 10.2 Å². The lowest BCUT2D eigenvalue weighted by molar-refractivity contribution is 0.296. The van der Waals surface area contributed by atoms with Crippen LogP contribution >= 0.6 is 11.3 Å². The smallest absolute Gasteiger partial charge is 0.243 e. The van der Waals surface area contributed by atoms with Crippen LogP contribution in [0.2, 0.25) is 0 Å². The van der Waals surface area contributed by atoms with E-state index in [4.69, 9.17) is 9.47 Å². The first kappa shape index (κ1) is 18.7. The minimum absolute atomic E-state index is 0.246. The normalized spacial score (nSPS) is 18.0. The maximum absolute atomic E-state index is 13.1. The second-order valence-electron chi connectivity index (χ2n) is 7.01. The SMILES string of the molecule is O=S(=O)(c1ccc2c(c1)OCCCO2)N1CCN(c2nc3ccccc3s2)CC1. The van der Waals surface area contributed by atoms with E-state index in [0.29, 0.717) is 50.9 Å². The van der Waals surface area contributed by atoms with Crippen LogP contribution in [0.4, 0.5) is 5.13 Å². The largest absolute Gasteiger partial charge is 0.490 e. The molecule has 152 valence electrons. The third-order valence-electron chi connectivity index (χ3n) is 5.15. The van der Waals surface area contributed by atoms with Crippen molar-refractivity contribution in [2.24, 2.45) is 0 Å². The monoisotopic (exact) mass is 431 g/mol. The minimum atomic E-state index is -3.58. The summed E-state index contributed by atoms with van der Waals surface area (Å²) in [7, 11) is -3.58. The summed E-state index contributed by atoms with van der Waals surface area (Å²) in [6, 6.07) is 12.9. The van der Waals surface area contributed by atoms with Gasteiger partial charge in [-0.05, 0) is 24.3 Å². The number of nitrogens with zero attached hydrogens (tertiary/aromatic N) is 3. The van der Waals surface area contributed by atoms with E-state index < -0.39 is 10.0 Å². The van der Waals surface area contributed by atoms with Gasteiger partial charge in [-0.3, -0.25) is 0 Å². The van der Waals surface area contributed by atoms with Crippen LogP contribution in [0.15, 0.2) is 47.4 Å². The van der Waals surface area contributed by atoms with Gasteiger partial charge in [0.05, 0.1) is 28.3 Å². The first-order valence-corrected chi connectivity index (χ1v) is 11.9. The van der Waals surface area contributed by atoms with Gasteiger partial charge >= 0.3 is 0 Å². The molecule has 3 heterocycles. The number of para-hydroxylation sites is 1. The first-order chi connectivity index (χ1) is 14.1. The molecule has 1 aromatic heterocycles. The van der Waals surface area contributed by atoms with E-state index in [-0.39, 0.29) is 4.90 Å². The maximum Gasteiger partial charge on any atom is 0.243 e. The summed E-state index contributed by atoms with van der Waals surface area (Å²) in [5, 5.41) is 0.943. The van der Waals surface area contributed by atoms with Crippen molar-refractivity contribution in [2.45, 2.75) is 11.3 Å². The zero-order valence-corrected chi connectivity index (χ0v) is 17.4. The number of aromatic nitrogens is 1. The van der Waals surface area contributed by atoms with E-state index in [1.165, 1.54) is 4.31 Å². The number of ether oxygens (including phenoxy) is 2. The fraction of sp³-hybridized carbons (Fsp3) is 0.350. The molecule has 0 aliphatic carbocycles. The van der Waals surface area contributed by atoms with Gasteiger partial charge < -0.3 is 14.4 Å². The molecule has 29 heavy (non-hydrogen) atoms. The van der Waals surface area contributed by atoms with Crippen molar-refractivity contribution in [3.8, 4) is 11.5 Å². The van der Waals surface area contributed by atoms with Crippen LogP contribution < -0.4 is 14.4 Å². The van der Waals surface area contributed by atoms with Crippen molar-refractivity contribution in [3.63, 3.8) is 0 Å². The highest BCUT2D eigenvalue weighted by molar-refractivity contribution is 7.89. The molecule has 2 aliphatic rings. The Kier molecular flexibility index (Phi) is 4.81. The zero-order valence-electron chi connectivity index (χ0n) is 15.8. The Hall–Kier alpha value is -2.36. The number of fused-ring (bicyclic) bond motifs is 2. The molecule has 9 heteroatoms. The Balaban J connectivity index is 1.32. The number of hydrogen-bond acceptors (Lipinski definition) is 7. The molecular formula is C20H21N3O4S2. The van der Waals surface area contributed by atoms with E-state index in [0.717, 1.165) is 21.8 Å². The minimum Gasteiger partial charge on any atom is -0.490 e. The molecule has 0 atom stereocenters. The van der Waals surface area contributed by atoms with Gasteiger partial charge in [0.15, 0.2) is 16.6 Å². The van der Waals surface area contributed by atoms with Crippen molar-refractivity contribution < 1.29 is 17.9 Å². The second-order valence-corrected chi connectivity index (χ2v) is 9.96. The maximum atomic E-state index is 13.1. The Morgan fingerprint density at radius 2 is 1.69 bits per heavy atom. The number of thiazole rings is 1. The highest BCUT2D eigenvalue weighted by Gasteiger charge is 2.30. The Morgan fingerprint density at radius 3 is 2.48 bits per heavy atom. The van der Waals surface area contributed by atoms with Gasteiger partial charge in [0.25, 0.3) is 0 Å². The molecule has 0 N–H and O–H groups in total. The lowest BCUT2D eigenvalue weighted by atomic mass is 10.3. The number of piperazine rings is 1. The van der Waals surface area contributed by atoms with Crippen molar-refractivity contribution >= 4 is 36.7 Å². The predicted octanol–water partition coefficient (Wildman–Crippen LogP) is 2.97. The van der Waals surface area contributed by atoms with Crippen molar-refractivity contribution in [1.29, 1.82) is 0 Å². The Labute approximate surface area is 173 Å². The summed E-state index contributed by atoms with van der Waals surface area (Å²) in [4.78, 5) is 7.09. The summed E-state index contributed by atoms with van der Waals surface area (Å²) in [5.41, 5.74) is 0.981. The van der Waals surface area contributed by atoms with Crippen LogP contribution in [0.3, 0.4) is 0 Å². The summed E-state index contributed by atoms with van der Waals surface area (Å²) in [5.74, 6) is 1.10. The number of anilines is 1. The van der Waals surface area contributed by atoms with Crippen LogP contribution in [0.1, 0.15) is 6.42 Å². The molecule has 3 aromatic rings. The van der Waals surface area contributed by atoms with Gasteiger partial charge in [-0.2, -0.15) is 4.31 Å². The predicted molar refractivity (Wildman–Crippen MR) is 113 cm³/mol. The molecule has 2 aliphatic heterocycles. The molecule has 1 saturated heterocycles.